The predicted octanol–water partition coefficient (Wildman–Crippen LogP) is 2.12. The van der Waals surface area contributed by atoms with Crippen molar-refractivity contribution in [1.82, 2.24) is 4.90 Å². The number of amidine groups is 1. The van der Waals surface area contributed by atoms with Crippen molar-refractivity contribution in [3.05, 3.63) is 60.2 Å². The highest BCUT2D eigenvalue weighted by atomic mass is 15.3. The summed E-state index contributed by atoms with van der Waals surface area (Å²) >= 11 is 0. The Labute approximate surface area is 130 Å². The van der Waals surface area contributed by atoms with Crippen LogP contribution in [0.1, 0.15) is 5.56 Å². The molecule has 5 nitrogen and oxygen atoms in total. The molecular formula is C17H21N5. The summed E-state index contributed by atoms with van der Waals surface area (Å²) in [4.78, 5) is 4.50. The zero-order chi connectivity index (χ0) is 15.4. The van der Waals surface area contributed by atoms with Gasteiger partial charge in [0, 0.05) is 43.1 Å². The number of benzene rings is 2. The summed E-state index contributed by atoms with van der Waals surface area (Å²) < 4.78 is 0. The Morgan fingerprint density at radius 2 is 1.55 bits per heavy atom. The van der Waals surface area contributed by atoms with Crippen molar-refractivity contribution in [2.75, 3.05) is 36.5 Å². The number of hydrogen-bond acceptors (Lipinski definition) is 4. The topological polar surface area (TPSA) is 68.4 Å². The van der Waals surface area contributed by atoms with Crippen LogP contribution in [0.2, 0.25) is 0 Å². The van der Waals surface area contributed by atoms with Gasteiger partial charge in [-0.3, -0.25) is 11.3 Å². The highest BCUT2D eigenvalue weighted by Crippen LogP contribution is 2.17. The highest BCUT2D eigenvalue weighted by molar-refractivity contribution is 5.96. The Morgan fingerprint density at radius 3 is 2.14 bits per heavy atom. The van der Waals surface area contributed by atoms with Crippen LogP contribution in [0.5, 0.6) is 0 Å². The molecule has 1 fully saturated rings. The maximum Gasteiger partial charge on any atom is 0.128 e. The molecule has 1 saturated heterocycles. The number of piperazine rings is 1. The number of hydrogen-bond donors (Lipinski definition) is 3. The fourth-order valence-electron chi connectivity index (χ4n) is 2.73. The third kappa shape index (κ3) is 3.04. The molecule has 2 aromatic carbocycles. The van der Waals surface area contributed by atoms with Crippen LogP contribution in [0.4, 0.5) is 11.4 Å². The normalized spacial score (nSPS) is 14.8. The van der Waals surface area contributed by atoms with Crippen LogP contribution >= 0.6 is 0 Å². The number of anilines is 2. The summed E-state index contributed by atoms with van der Waals surface area (Å²) in [7, 11) is 0. The monoisotopic (exact) mass is 295 g/mol. The van der Waals surface area contributed by atoms with Gasteiger partial charge in [0.05, 0.1) is 0 Å². The second-order valence-electron chi connectivity index (χ2n) is 5.38. The fraction of sp³-hybridized carbons (Fsp3) is 0.235. The van der Waals surface area contributed by atoms with Crippen LogP contribution in [0.3, 0.4) is 0 Å². The van der Waals surface area contributed by atoms with Gasteiger partial charge in [0.2, 0.25) is 0 Å². The lowest BCUT2D eigenvalue weighted by Gasteiger charge is -2.37. The van der Waals surface area contributed by atoms with Gasteiger partial charge in [0.15, 0.2) is 0 Å². The summed E-state index contributed by atoms with van der Waals surface area (Å²) in [6.07, 6.45) is 0. The smallest absolute Gasteiger partial charge is 0.128 e. The van der Waals surface area contributed by atoms with E-state index >= 15 is 0 Å². The first kappa shape index (κ1) is 14.4. The molecule has 0 unspecified atom stereocenters. The second kappa shape index (κ2) is 6.49. The van der Waals surface area contributed by atoms with E-state index in [2.05, 4.69) is 39.5 Å². The molecule has 0 spiro atoms. The number of nitrogens with two attached hydrogens (primary N) is 1. The van der Waals surface area contributed by atoms with Crippen LogP contribution in [-0.2, 0) is 0 Å². The van der Waals surface area contributed by atoms with Crippen LogP contribution in [0, 0.1) is 5.41 Å². The Kier molecular flexibility index (Phi) is 4.25. The lowest BCUT2D eigenvalue weighted by molar-refractivity contribution is 0.384. The summed E-state index contributed by atoms with van der Waals surface area (Å²) in [6, 6.07) is 18.1. The quantitative estimate of drug-likeness (QED) is 0.351. The molecule has 3 rings (SSSR count). The van der Waals surface area contributed by atoms with Gasteiger partial charge in [-0.2, -0.15) is 0 Å². The van der Waals surface area contributed by atoms with Gasteiger partial charge in [-0.25, -0.2) is 0 Å². The second-order valence-corrected chi connectivity index (χ2v) is 5.38. The largest absolute Gasteiger partial charge is 0.368 e. The molecule has 0 bridgehead atoms. The van der Waals surface area contributed by atoms with E-state index in [1.807, 2.05) is 30.3 Å². The van der Waals surface area contributed by atoms with Crippen molar-refractivity contribution in [2.24, 2.45) is 5.84 Å². The maximum absolute atomic E-state index is 8.38. The van der Waals surface area contributed by atoms with Gasteiger partial charge in [0.1, 0.15) is 5.84 Å². The Morgan fingerprint density at radius 1 is 0.909 bits per heavy atom. The van der Waals surface area contributed by atoms with Crippen LogP contribution in [-0.4, -0.2) is 36.9 Å². The van der Waals surface area contributed by atoms with Crippen molar-refractivity contribution < 1.29 is 0 Å². The molecule has 4 N–H and O–H groups in total. The first-order valence-corrected chi connectivity index (χ1v) is 7.48. The van der Waals surface area contributed by atoms with E-state index in [0.29, 0.717) is 5.84 Å². The molecule has 0 atom stereocenters. The molecular weight excluding hydrogens is 274 g/mol. The molecule has 1 aliphatic rings. The molecule has 0 saturated carbocycles. The van der Waals surface area contributed by atoms with Gasteiger partial charge < -0.3 is 15.2 Å². The van der Waals surface area contributed by atoms with Gasteiger partial charge in [-0.15, -0.1) is 0 Å². The highest BCUT2D eigenvalue weighted by Gasteiger charge is 2.19. The minimum Gasteiger partial charge on any atom is -0.368 e. The lowest BCUT2D eigenvalue weighted by Crippen LogP contribution is -2.48. The van der Waals surface area contributed by atoms with Gasteiger partial charge in [-0.1, -0.05) is 18.2 Å². The van der Waals surface area contributed by atoms with E-state index in [0.717, 1.165) is 37.4 Å². The zero-order valence-corrected chi connectivity index (χ0v) is 12.5. The number of para-hydroxylation sites is 1. The van der Waals surface area contributed by atoms with E-state index < -0.39 is 0 Å². The van der Waals surface area contributed by atoms with E-state index in [-0.39, 0.29) is 0 Å². The third-order valence-corrected chi connectivity index (χ3v) is 4.04. The third-order valence-electron chi connectivity index (χ3n) is 4.04. The number of nitrogen functional groups attached to an aromatic ring is 1. The molecule has 1 aliphatic heterocycles. The van der Waals surface area contributed by atoms with Crippen molar-refractivity contribution in [2.45, 2.75) is 0 Å². The molecule has 22 heavy (non-hydrogen) atoms. The van der Waals surface area contributed by atoms with Crippen LogP contribution in [0.15, 0.2) is 54.6 Å². The number of rotatable bonds is 3. The van der Waals surface area contributed by atoms with Crippen molar-refractivity contribution in [1.29, 1.82) is 5.41 Å². The average Bonchev–Trinajstić information content (AvgIpc) is 2.62. The number of nitrogens with one attached hydrogen (secondary N) is 2. The first-order valence-electron chi connectivity index (χ1n) is 7.48. The predicted molar refractivity (Wildman–Crippen MR) is 91.3 cm³/mol. The SMILES string of the molecule is N=C(c1ccc(NN)cc1)N1CCN(c2ccccc2)CC1. The summed E-state index contributed by atoms with van der Waals surface area (Å²) in [5, 5.41) is 8.38. The van der Waals surface area contributed by atoms with Crippen molar-refractivity contribution in [3.63, 3.8) is 0 Å². The van der Waals surface area contributed by atoms with Crippen LogP contribution < -0.4 is 16.2 Å². The molecule has 114 valence electrons. The van der Waals surface area contributed by atoms with E-state index in [1.54, 1.807) is 0 Å². The minimum absolute atomic E-state index is 0.580. The Hall–Kier alpha value is -2.53. The molecule has 0 radical (unpaired) electrons. The fourth-order valence-corrected chi connectivity index (χ4v) is 2.73. The van der Waals surface area contributed by atoms with Crippen LogP contribution in [0.25, 0.3) is 0 Å². The van der Waals surface area contributed by atoms with E-state index in [4.69, 9.17) is 11.3 Å². The summed E-state index contributed by atoms with van der Waals surface area (Å²) in [5.41, 5.74) is 5.64. The molecule has 1 heterocycles. The number of hydrazine groups is 1. The van der Waals surface area contributed by atoms with Crippen molar-refractivity contribution in [3.8, 4) is 0 Å². The van der Waals surface area contributed by atoms with E-state index in [9.17, 15) is 0 Å². The Bertz CT molecular complexity index is 615. The number of nitrogens with zero attached hydrogens (tertiary/aromatic N) is 2. The molecule has 0 amide bonds. The summed E-state index contributed by atoms with van der Waals surface area (Å²) in [5.74, 6) is 5.95. The molecule has 0 aliphatic carbocycles. The molecule has 2 aromatic rings. The standard InChI is InChI=1S/C17H21N5/c18-17(14-6-8-15(20-19)9-7-14)22-12-10-21(11-13-22)16-4-2-1-3-5-16/h1-9,18,20H,10-13,19H2. The Balaban J connectivity index is 1.62. The van der Waals surface area contributed by atoms with Crippen molar-refractivity contribution >= 4 is 17.2 Å². The van der Waals surface area contributed by atoms with Gasteiger partial charge in [0.25, 0.3) is 0 Å². The van der Waals surface area contributed by atoms with Gasteiger partial charge >= 0.3 is 0 Å². The minimum atomic E-state index is 0.580. The molecule has 5 heteroatoms. The first-order chi connectivity index (χ1) is 10.8. The summed E-state index contributed by atoms with van der Waals surface area (Å²) in [6.45, 7) is 3.61. The maximum atomic E-state index is 8.38. The lowest BCUT2D eigenvalue weighted by atomic mass is 10.1. The zero-order valence-electron chi connectivity index (χ0n) is 12.5. The van der Waals surface area contributed by atoms with Gasteiger partial charge in [-0.05, 0) is 36.4 Å². The molecule has 0 aromatic heterocycles. The average molecular weight is 295 g/mol. The van der Waals surface area contributed by atoms with E-state index in [1.165, 1.54) is 5.69 Å².